The Bertz CT molecular complexity index is 663. The number of hydrogen-bond donors (Lipinski definition) is 1. The molecular weight excluding hydrogens is 286 g/mol. The van der Waals surface area contributed by atoms with Gasteiger partial charge in [-0.25, -0.2) is 9.97 Å². The summed E-state index contributed by atoms with van der Waals surface area (Å²) >= 11 is 6.04. The van der Waals surface area contributed by atoms with Crippen LogP contribution in [-0.4, -0.2) is 15.9 Å². The number of rotatable bonds is 3. The Morgan fingerprint density at radius 2 is 1.81 bits per heavy atom. The lowest BCUT2D eigenvalue weighted by atomic mass is 10.1. The number of aryl methyl sites for hydroxylation is 2. The highest BCUT2D eigenvalue weighted by atomic mass is 35.5. The topological polar surface area (TPSA) is 54.9 Å². The van der Waals surface area contributed by atoms with Crippen LogP contribution in [0, 0.1) is 13.8 Å². The van der Waals surface area contributed by atoms with Crippen molar-refractivity contribution in [2.45, 2.75) is 33.6 Å². The van der Waals surface area contributed by atoms with E-state index in [4.69, 9.17) is 11.6 Å². The number of amides is 1. The number of halogens is 1. The van der Waals surface area contributed by atoms with Crippen molar-refractivity contribution in [3.8, 4) is 0 Å². The zero-order valence-electron chi connectivity index (χ0n) is 12.6. The number of carbonyl (C=O) groups is 1. The van der Waals surface area contributed by atoms with Crippen molar-refractivity contribution in [2.24, 2.45) is 0 Å². The highest BCUT2D eigenvalue weighted by Gasteiger charge is 2.15. The average molecular weight is 304 g/mol. The Hall–Kier alpha value is -1.94. The molecule has 1 aromatic carbocycles. The number of benzene rings is 1. The molecule has 1 heterocycles. The second kappa shape index (κ2) is 6.22. The summed E-state index contributed by atoms with van der Waals surface area (Å²) in [5.41, 5.74) is 3.11. The molecular formula is C16H18ClN3O. The quantitative estimate of drug-likeness (QED) is 0.928. The first-order valence-electron chi connectivity index (χ1n) is 6.79. The van der Waals surface area contributed by atoms with Crippen LogP contribution in [0.1, 0.15) is 47.2 Å². The number of nitrogens with one attached hydrogen (secondary N) is 1. The van der Waals surface area contributed by atoms with Gasteiger partial charge in [-0.15, -0.1) is 0 Å². The first-order valence-corrected chi connectivity index (χ1v) is 7.16. The van der Waals surface area contributed by atoms with Crippen molar-refractivity contribution in [1.82, 2.24) is 9.97 Å². The van der Waals surface area contributed by atoms with Crippen molar-refractivity contribution < 1.29 is 4.79 Å². The van der Waals surface area contributed by atoms with Gasteiger partial charge in [-0.1, -0.05) is 31.5 Å². The van der Waals surface area contributed by atoms with E-state index in [1.54, 1.807) is 0 Å². The van der Waals surface area contributed by atoms with Gasteiger partial charge >= 0.3 is 0 Å². The van der Waals surface area contributed by atoms with Gasteiger partial charge in [-0.2, -0.15) is 0 Å². The number of carbonyl (C=O) groups excluding carboxylic acids is 1. The molecule has 0 saturated carbocycles. The third-order valence-electron chi connectivity index (χ3n) is 2.97. The molecule has 0 aliphatic rings. The van der Waals surface area contributed by atoms with Gasteiger partial charge in [0.25, 0.3) is 5.91 Å². The van der Waals surface area contributed by atoms with Crippen LogP contribution < -0.4 is 5.32 Å². The SMILES string of the molecule is Cc1cc(C)cc(NC(=O)c2nc(C(C)C)ncc2Cl)c1. The number of hydrogen-bond acceptors (Lipinski definition) is 3. The van der Waals surface area contributed by atoms with Crippen LogP contribution in [0.5, 0.6) is 0 Å². The van der Waals surface area contributed by atoms with Crippen molar-refractivity contribution in [1.29, 1.82) is 0 Å². The zero-order valence-corrected chi connectivity index (χ0v) is 13.3. The summed E-state index contributed by atoms with van der Waals surface area (Å²) in [6.45, 7) is 7.90. The van der Waals surface area contributed by atoms with Crippen LogP contribution in [0.4, 0.5) is 5.69 Å². The molecule has 1 amide bonds. The second-order valence-corrected chi connectivity index (χ2v) is 5.82. The lowest BCUT2D eigenvalue weighted by Gasteiger charge is -2.10. The highest BCUT2D eigenvalue weighted by molar-refractivity contribution is 6.33. The molecule has 0 atom stereocenters. The Morgan fingerprint density at radius 3 is 2.38 bits per heavy atom. The second-order valence-electron chi connectivity index (χ2n) is 5.41. The smallest absolute Gasteiger partial charge is 0.275 e. The maximum absolute atomic E-state index is 12.3. The molecule has 2 rings (SSSR count). The van der Waals surface area contributed by atoms with E-state index in [-0.39, 0.29) is 22.5 Å². The van der Waals surface area contributed by atoms with Crippen LogP contribution in [0.15, 0.2) is 24.4 Å². The van der Waals surface area contributed by atoms with E-state index < -0.39 is 0 Å². The molecule has 4 nitrogen and oxygen atoms in total. The Morgan fingerprint density at radius 1 is 1.19 bits per heavy atom. The summed E-state index contributed by atoms with van der Waals surface area (Å²) in [5.74, 6) is 0.411. The molecule has 0 saturated heterocycles. The maximum Gasteiger partial charge on any atom is 0.275 e. The van der Waals surface area contributed by atoms with E-state index >= 15 is 0 Å². The molecule has 21 heavy (non-hydrogen) atoms. The van der Waals surface area contributed by atoms with Gasteiger partial charge in [-0.05, 0) is 37.1 Å². The molecule has 5 heteroatoms. The number of nitrogens with zero attached hydrogens (tertiary/aromatic N) is 2. The Kier molecular flexibility index (Phi) is 4.58. The van der Waals surface area contributed by atoms with Crippen molar-refractivity contribution in [3.63, 3.8) is 0 Å². The summed E-state index contributed by atoms with van der Waals surface area (Å²) < 4.78 is 0. The van der Waals surface area contributed by atoms with Gasteiger partial charge in [0.2, 0.25) is 0 Å². The van der Waals surface area contributed by atoms with E-state index in [2.05, 4.69) is 15.3 Å². The molecule has 0 aliphatic heterocycles. The summed E-state index contributed by atoms with van der Waals surface area (Å²) in [7, 11) is 0. The minimum Gasteiger partial charge on any atom is -0.321 e. The molecule has 1 N–H and O–H groups in total. The van der Waals surface area contributed by atoms with Gasteiger partial charge in [0, 0.05) is 11.6 Å². The third kappa shape index (κ3) is 3.79. The van der Waals surface area contributed by atoms with E-state index in [0.717, 1.165) is 16.8 Å². The van der Waals surface area contributed by atoms with Crippen molar-refractivity contribution >= 4 is 23.2 Å². The summed E-state index contributed by atoms with van der Waals surface area (Å²) in [6, 6.07) is 5.86. The van der Waals surface area contributed by atoms with E-state index in [0.29, 0.717) is 5.82 Å². The lowest BCUT2D eigenvalue weighted by Crippen LogP contribution is -2.16. The first-order chi connectivity index (χ1) is 9.86. The molecule has 0 fully saturated rings. The fraction of sp³-hybridized carbons (Fsp3) is 0.312. The predicted molar refractivity (Wildman–Crippen MR) is 85.0 cm³/mol. The summed E-state index contributed by atoms with van der Waals surface area (Å²) in [5, 5.41) is 3.08. The highest BCUT2D eigenvalue weighted by Crippen LogP contribution is 2.19. The van der Waals surface area contributed by atoms with Crippen molar-refractivity contribution in [3.05, 3.63) is 52.1 Å². The summed E-state index contributed by atoms with van der Waals surface area (Å²) in [6.07, 6.45) is 1.47. The van der Waals surface area contributed by atoms with Crippen LogP contribution in [0.2, 0.25) is 5.02 Å². The van der Waals surface area contributed by atoms with Gasteiger partial charge in [-0.3, -0.25) is 4.79 Å². The average Bonchev–Trinajstić information content (AvgIpc) is 2.37. The van der Waals surface area contributed by atoms with Crippen LogP contribution in [-0.2, 0) is 0 Å². The van der Waals surface area contributed by atoms with Crippen LogP contribution >= 0.6 is 11.6 Å². The number of aromatic nitrogens is 2. The summed E-state index contributed by atoms with van der Waals surface area (Å²) in [4.78, 5) is 20.7. The molecule has 0 radical (unpaired) electrons. The molecule has 1 aromatic heterocycles. The monoisotopic (exact) mass is 303 g/mol. The van der Waals surface area contributed by atoms with Crippen molar-refractivity contribution in [2.75, 3.05) is 5.32 Å². The maximum atomic E-state index is 12.3. The fourth-order valence-electron chi connectivity index (χ4n) is 2.06. The number of anilines is 1. The fourth-order valence-corrected chi connectivity index (χ4v) is 2.23. The first kappa shape index (κ1) is 15.4. The van der Waals surface area contributed by atoms with E-state index in [9.17, 15) is 4.79 Å². The Labute approximate surface area is 129 Å². The molecule has 110 valence electrons. The lowest BCUT2D eigenvalue weighted by molar-refractivity contribution is 0.102. The standard InChI is InChI=1S/C16H18ClN3O/c1-9(2)15-18-8-13(17)14(20-15)16(21)19-12-6-10(3)5-11(4)7-12/h5-9H,1-4H3,(H,19,21). The van der Waals surface area contributed by atoms with Gasteiger partial charge in [0.1, 0.15) is 5.82 Å². The van der Waals surface area contributed by atoms with E-state index in [1.165, 1.54) is 6.20 Å². The minimum absolute atomic E-state index is 0.134. The van der Waals surface area contributed by atoms with Crippen LogP contribution in [0.25, 0.3) is 0 Å². The largest absolute Gasteiger partial charge is 0.321 e. The minimum atomic E-state index is -0.325. The molecule has 0 unspecified atom stereocenters. The zero-order chi connectivity index (χ0) is 15.6. The molecule has 0 bridgehead atoms. The van der Waals surface area contributed by atoms with Crippen LogP contribution in [0.3, 0.4) is 0 Å². The van der Waals surface area contributed by atoms with Gasteiger partial charge in [0.05, 0.1) is 11.2 Å². The van der Waals surface area contributed by atoms with Gasteiger partial charge < -0.3 is 5.32 Å². The van der Waals surface area contributed by atoms with E-state index in [1.807, 2.05) is 45.9 Å². The molecule has 0 spiro atoms. The Balaban J connectivity index is 2.29. The predicted octanol–water partition coefficient (Wildman–Crippen LogP) is 4.12. The molecule has 2 aromatic rings. The normalized spacial score (nSPS) is 10.8. The third-order valence-corrected chi connectivity index (χ3v) is 3.25. The molecule has 0 aliphatic carbocycles. The van der Waals surface area contributed by atoms with Gasteiger partial charge in [0.15, 0.2) is 5.69 Å².